The van der Waals surface area contributed by atoms with Gasteiger partial charge in [0.1, 0.15) is 12.3 Å². The number of nitrogens with two attached hydrogens (primary N) is 1. The molecule has 0 bridgehead atoms. The molecule has 1 amide bonds. The van der Waals surface area contributed by atoms with Crippen molar-refractivity contribution >= 4 is 33.7 Å². The normalized spacial score (nSPS) is 11.0. The molecule has 0 heterocycles. The molecule has 0 fully saturated rings. The second-order valence-electron chi connectivity index (χ2n) is 4.09. The summed E-state index contributed by atoms with van der Waals surface area (Å²) in [5, 5.41) is 15.6. The fourth-order valence-corrected chi connectivity index (χ4v) is 2.48. The molecule has 0 radical (unpaired) electrons. The van der Waals surface area contributed by atoms with Gasteiger partial charge in [-0.15, -0.1) is 11.8 Å². The molecule has 10 heteroatoms. The Bertz CT molecular complexity index is 615. The fraction of sp³-hybridized carbons (Fsp3) is 0.333. The van der Waals surface area contributed by atoms with Gasteiger partial charge in [-0.3, -0.25) is 9.59 Å². The maximum atomic E-state index is 11.2. The summed E-state index contributed by atoms with van der Waals surface area (Å²) in [7, 11) is -3.72. The van der Waals surface area contributed by atoms with Crippen molar-refractivity contribution in [2.75, 3.05) is 24.7 Å². The first-order valence-corrected chi connectivity index (χ1v) is 8.81. The highest BCUT2D eigenvalue weighted by molar-refractivity contribution is 7.99. The third-order valence-electron chi connectivity index (χ3n) is 2.32. The Morgan fingerprint density at radius 3 is 2.45 bits per heavy atom. The number of aliphatic carboxylic acids is 1. The molecule has 1 aromatic rings. The second-order valence-corrected chi connectivity index (χ2v) is 6.75. The molecule has 0 aromatic heterocycles. The summed E-state index contributed by atoms with van der Waals surface area (Å²) in [4.78, 5) is 21.4. The van der Waals surface area contributed by atoms with E-state index in [9.17, 15) is 18.0 Å². The zero-order valence-electron chi connectivity index (χ0n) is 11.5. The van der Waals surface area contributed by atoms with Crippen LogP contribution in [0.4, 0.5) is 0 Å². The van der Waals surface area contributed by atoms with Crippen LogP contribution in [0.3, 0.4) is 0 Å². The van der Waals surface area contributed by atoms with E-state index >= 15 is 0 Å². The van der Waals surface area contributed by atoms with Crippen molar-refractivity contribution in [3.8, 4) is 5.75 Å². The monoisotopic (exact) mass is 348 g/mol. The van der Waals surface area contributed by atoms with Crippen LogP contribution >= 0.6 is 11.8 Å². The number of carboxylic acids is 1. The van der Waals surface area contributed by atoms with Crippen molar-refractivity contribution in [1.29, 1.82) is 0 Å². The van der Waals surface area contributed by atoms with Crippen LogP contribution < -0.4 is 15.2 Å². The zero-order valence-corrected chi connectivity index (χ0v) is 13.2. The Morgan fingerprint density at radius 1 is 1.27 bits per heavy atom. The summed E-state index contributed by atoms with van der Waals surface area (Å²) >= 11 is 1.29. The highest BCUT2D eigenvalue weighted by Crippen LogP contribution is 2.15. The van der Waals surface area contributed by atoms with Gasteiger partial charge < -0.3 is 15.2 Å². The number of primary sulfonamides is 1. The van der Waals surface area contributed by atoms with Gasteiger partial charge in [0.2, 0.25) is 15.9 Å². The lowest BCUT2D eigenvalue weighted by atomic mass is 10.3. The number of sulfonamides is 1. The molecule has 0 aliphatic heterocycles. The molecule has 122 valence electrons. The van der Waals surface area contributed by atoms with Crippen LogP contribution in [0.5, 0.6) is 5.75 Å². The van der Waals surface area contributed by atoms with Crippen molar-refractivity contribution < 1.29 is 27.9 Å². The molecule has 0 spiro atoms. The van der Waals surface area contributed by atoms with Crippen molar-refractivity contribution in [1.82, 2.24) is 5.32 Å². The van der Waals surface area contributed by atoms with E-state index < -0.39 is 22.5 Å². The lowest BCUT2D eigenvalue weighted by Crippen LogP contribution is -2.30. The number of hydrogen-bond acceptors (Lipinski definition) is 6. The van der Waals surface area contributed by atoms with Crippen LogP contribution in [0.25, 0.3) is 0 Å². The largest absolute Gasteiger partial charge is 0.493 e. The Hall–Kier alpha value is -1.78. The first kappa shape index (κ1) is 18.3. The van der Waals surface area contributed by atoms with Crippen LogP contribution in [0.15, 0.2) is 29.2 Å². The number of benzene rings is 1. The number of nitrogens with one attached hydrogen (secondary N) is 1. The molecule has 22 heavy (non-hydrogen) atoms. The van der Waals surface area contributed by atoms with Crippen LogP contribution in [-0.4, -0.2) is 50.1 Å². The SMILES string of the molecule is NS(=O)(=O)c1ccc(OCCSCC(=O)NCC(=O)O)cc1. The Kier molecular flexibility index (Phi) is 7.15. The third kappa shape index (κ3) is 7.29. The van der Waals surface area contributed by atoms with Gasteiger partial charge in [-0.2, -0.15) is 0 Å². The second kappa shape index (κ2) is 8.61. The van der Waals surface area contributed by atoms with Gasteiger partial charge in [0.15, 0.2) is 0 Å². The molecule has 8 nitrogen and oxygen atoms in total. The average Bonchev–Trinajstić information content (AvgIpc) is 2.44. The van der Waals surface area contributed by atoms with Crippen molar-refractivity contribution in [2.45, 2.75) is 4.90 Å². The molecule has 0 atom stereocenters. The van der Waals surface area contributed by atoms with E-state index in [0.717, 1.165) is 0 Å². The average molecular weight is 348 g/mol. The van der Waals surface area contributed by atoms with Gasteiger partial charge in [0.05, 0.1) is 17.3 Å². The Labute approximate surface area is 132 Å². The summed E-state index contributed by atoms with van der Waals surface area (Å²) in [6.45, 7) is -0.0715. The maximum absolute atomic E-state index is 11.2. The molecule has 0 aliphatic carbocycles. The number of amides is 1. The maximum Gasteiger partial charge on any atom is 0.322 e. The van der Waals surface area contributed by atoms with Crippen LogP contribution in [-0.2, 0) is 19.6 Å². The lowest BCUT2D eigenvalue weighted by molar-refractivity contribution is -0.137. The van der Waals surface area contributed by atoms with Gasteiger partial charge >= 0.3 is 5.97 Å². The topological polar surface area (TPSA) is 136 Å². The molecule has 1 rings (SSSR count). The van der Waals surface area contributed by atoms with Gasteiger partial charge in [-0.05, 0) is 24.3 Å². The van der Waals surface area contributed by atoms with Crippen LogP contribution in [0.2, 0.25) is 0 Å². The summed E-state index contributed by atoms with van der Waals surface area (Å²) in [6.07, 6.45) is 0. The van der Waals surface area contributed by atoms with E-state index in [-0.39, 0.29) is 16.6 Å². The van der Waals surface area contributed by atoms with Crippen LogP contribution in [0.1, 0.15) is 0 Å². The fourth-order valence-electron chi connectivity index (χ4n) is 1.33. The van der Waals surface area contributed by atoms with Crippen molar-refractivity contribution in [3.63, 3.8) is 0 Å². The number of carbonyl (C=O) groups is 2. The number of carboxylic acid groups (broad SMARTS) is 1. The van der Waals surface area contributed by atoms with E-state index in [0.29, 0.717) is 18.1 Å². The van der Waals surface area contributed by atoms with E-state index in [4.69, 9.17) is 15.0 Å². The minimum absolute atomic E-state index is 0.00401. The Morgan fingerprint density at radius 2 is 1.91 bits per heavy atom. The van der Waals surface area contributed by atoms with E-state index in [2.05, 4.69) is 5.32 Å². The summed E-state index contributed by atoms with van der Waals surface area (Å²) in [6, 6.07) is 5.67. The van der Waals surface area contributed by atoms with E-state index in [1.54, 1.807) is 0 Å². The zero-order chi connectivity index (χ0) is 16.6. The summed E-state index contributed by atoms with van der Waals surface area (Å²) in [5.41, 5.74) is 0. The van der Waals surface area contributed by atoms with E-state index in [1.807, 2.05) is 0 Å². The van der Waals surface area contributed by atoms with Crippen LogP contribution in [0, 0.1) is 0 Å². The number of carbonyl (C=O) groups excluding carboxylic acids is 1. The molecule has 4 N–H and O–H groups in total. The number of thioether (sulfide) groups is 1. The number of hydrogen-bond donors (Lipinski definition) is 3. The first-order chi connectivity index (χ1) is 10.3. The molecule has 1 aromatic carbocycles. The van der Waals surface area contributed by atoms with Crippen molar-refractivity contribution in [3.05, 3.63) is 24.3 Å². The third-order valence-corrected chi connectivity index (χ3v) is 4.17. The predicted molar refractivity (Wildman–Crippen MR) is 81.3 cm³/mol. The Balaban J connectivity index is 2.22. The minimum atomic E-state index is -3.72. The molecular weight excluding hydrogens is 332 g/mol. The standard InChI is InChI=1S/C12H16N2O6S2/c13-22(18,19)10-3-1-9(2-4-10)20-5-6-21-8-11(15)14-7-12(16)17/h1-4H,5-8H2,(H,14,15)(H,16,17)(H2,13,18,19). The number of rotatable bonds is 9. The molecule has 0 saturated heterocycles. The van der Waals surface area contributed by atoms with E-state index in [1.165, 1.54) is 36.0 Å². The first-order valence-electron chi connectivity index (χ1n) is 6.11. The molecule has 0 unspecified atom stereocenters. The summed E-state index contributed by atoms with van der Waals surface area (Å²) in [5.74, 6) is -0.295. The summed E-state index contributed by atoms with van der Waals surface area (Å²) < 4.78 is 27.5. The van der Waals surface area contributed by atoms with Gasteiger partial charge in [-0.25, -0.2) is 13.6 Å². The highest BCUT2D eigenvalue weighted by atomic mass is 32.2. The molecule has 0 saturated carbocycles. The van der Waals surface area contributed by atoms with Gasteiger partial charge in [0, 0.05) is 5.75 Å². The van der Waals surface area contributed by atoms with Gasteiger partial charge in [-0.1, -0.05) is 0 Å². The van der Waals surface area contributed by atoms with Crippen molar-refractivity contribution in [2.24, 2.45) is 5.14 Å². The highest BCUT2D eigenvalue weighted by Gasteiger charge is 2.07. The van der Waals surface area contributed by atoms with Gasteiger partial charge in [0.25, 0.3) is 0 Å². The quantitative estimate of drug-likeness (QED) is 0.519. The minimum Gasteiger partial charge on any atom is -0.493 e. The lowest BCUT2D eigenvalue weighted by Gasteiger charge is -2.07. The smallest absolute Gasteiger partial charge is 0.322 e. The predicted octanol–water partition coefficient (Wildman–Crippen LogP) is -0.353. The molecule has 0 aliphatic rings. The molecular formula is C12H16N2O6S2. The number of ether oxygens (including phenoxy) is 1.